The molecule has 0 spiro atoms. The summed E-state index contributed by atoms with van der Waals surface area (Å²) in [6.45, 7) is 3.64. The van der Waals surface area contributed by atoms with Crippen LogP contribution in [0.3, 0.4) is 0 Å². The molecule has 0 aliphatic heterocycles. The van der Waals surface area contributed by atoms with Gasteiger partial charge in [0, 0.05) is 18.0 Å². The van der Waals surface area contributed by atoms with Gasteiger partial charge in [0.15, 0.2) is 0 Å². The third kappa shape index (κ3) is 2.43. The second-order valence-electron chi connectivity index (χ2n) is 4.10. The van der Waals surface area contributed by atoms with Gasteiger partial charge in [-0.05, 0) is 25.5 Å². The van der Waals surface area contributed by atoms with Crippen LogP contribution in [0.1, 0.15) is 17.0 Å². The molecule has 2 rings (SSSR count). The highest BCUT2D eigenvalue weighted by atomic mass is 35.5. The number of alkyl halides is 1. The van der Waals surface area contributed by atoms with Crippen molar-refractivity contribution in [3.05, 3.63) is 50.3 Å². The van der Waals surface area contributed by atoms with E-state index in [-0.39, 0.29) is 11.6 Å². The van der Waals surface area contributed by atoms with E-state index >= 15 is 0 Å². The fraction of sp³-hybridized carbons (Fsp3) is 0.250. The number of aromatic nitrogens is 2. The zero-order valence-corrected chi connectivity index (χ0v) is 11.9. The molecule has 1 heterocycles. The van der Waals surface area contributed by atoms with Gasteiger partial charge in [0.1, 0.15) is 0 Å². The number of hydrogen-bond acceptors (Lipinski definition) is 3. The number of nitro groups is 1. The van der Waals surface area contributed by atoms with Crippen molar-refractivity contribution in [2.24, 2.45) is 0 Å². The summed E-state index contributed by atoms with van der Waals surface area (Å²) in [4.78, 5) is 10.3. The van der Waals surface area contributed by atoms with E-state index in [2.05, 4.69) is 5.10 Å². The number of benzene rings is 1. The van der Waals surface area contributed by atoms with E-state index in [4.69, 9.17) is 23.2 Å². The van der Waals surface area contributed by atoms with Crippen LogP contribution in [-0.2, 0) is 5.88 Å². The van der Waals surface area contributed by atoms with Crippen molar-refractivity contribution in [2.75, 3.05) is 0 Å². The highest BCUT2D eigenvalue weighted by Gasteiger charge is 2.16. The SMILES string of the molecule is Cc1nn(-c2ccc([N+](=O)[O-])cc2CCl)c(C)c1Cl. The summed E-state index contributed by atoms with van der Waals surface area (Å²) in [5.74, 6) is 0.160. The summed E-state index contributed by atoms with van der Waals surface area (Å²) in [7, 11) is 0. The number of nitro benzene ring substituents is 1. The molecule has 0 saturated heterocycles. The lowest BCUT2D eigenvalue weighted by Crippen LogP contribution is -2.03. The molecule has 2 aromatic rings. The smallest absolute Gasteiger partial charge is 0.258 e. The van der Waals surface area contributed by atoms with E-state index in [1.807, 2.05) is 6.92 Å². The number of aryl methyl sites for hydroxylation is 1. The number of non-ortho nitro benzene ring substituents is 1. The highest BCUT2D eigenvalue weighted by Crippen LogP contribution is 2.27. The molecule has 0 unspecified atom stereocenters. The first-order chi connectivity index (χ1) is 8.95. The highest BCUT2D eigenvalue weighted by molar-refractivity contribution is 6.31. The van der Waals surface area contributed by atoms with Gasteiger partial charge in [-0.1, -0.05) is 11.6 Å². The first kappa shape index (κ1) is 13.8. The average molecular weight is 300 g/mol. The van der Waals surface area contributed by atoms with Gasteiger partial charge in [0.25, 0.3) is 5.69 Å². The molecule has 0 aliphatic rings. The molecule has 0 saturated carbocycles. The number of nitrogens with zero attached hydrogens (tertiary/aromatic N) is 3. The fourth-order valence-electron chi connectivity index (χ4n) is 1.86. The normalized spacial score (nSPS) is 10.7. The van der Waals surface area contributed by atoms with Gasteiger partial charge in [-0.2, -0.15) is 5.10 Å². The van der Waals surface area contributed by atoms with Crippen LogP contribution in [0.4, 0.5) is 5.69 Å². The van der Waals surface area contributed by atoms with E-state index in [1.54, 1.807) is 17.7 Å². The van der Waals surface area contributed by atoms with Crippen LogP contribution in [-0.4, -0.2) is 14.7 Å². The predicted octanol–water partition coefficient (Wildman–Crippen LogP) is 3.79. The molecule has 100 valence electrons. The summed E-state index contributed by atoms with van der Waals surface area (Å²) in [6.07, 6.45) is 0. The Morgan fingerprint density at radius 1 is 1.42 bits per heavy atom. The molecule has 1 aromatic carbocycles. The minimum Gasteiger partial charge on any atom is -0.258 e. The fourth-order valence-corrected chi connectivity index (χ4v) is 2.19. The molecule has 19 heavy (non-hydrogen) atoms. The predicted molar refractivity (Wildman–Crippen MR) is 74.3 cm³/mol. The summed E-state index contributed by atoms with van der Waals surface area (Å²) in [5.41, 5.74) is 2.83. The zero-order chi connectivity index (χ0) is 14.2. The van der Waals surface area contributed by atoms with Crippen molar-refractivity contribution >= 4 is 28.9 Å². The summed E-state index contributed by atoms with van der Waals surface area (Å²) in [6, 6.07) is 4.51. The molecule has 5 nitrogen and oxygen atoms in total. The topological polar surface area (TPSA) is 61.0 Å². The van der Waals surface area contributed by atoms with Crippen LogP contribution in [0, 0.1) is 24.0 Å². The maximum atomic E-state index is 10.8. The van der Waals surface area contributed by atoms with Crippen molar-refractivity contribution in [3.8, 4) is 5.69 Å². The lowest BCUT2D eigenvalue weighted by Gasteiger charge is -2.09. The standard InChI is InChI=1S/C12H11Cl2N3O2/c1-7-12(14)8(2)16(15-7)11-4-3-10(17(18)19)5-9(11)6-13/h3-5H,6H2,1-2H3. The molecular weight excluding hydrogens is 289 g/mol. The molecule has 0 atom stereocenters. The molecule has 0 radical (unpaired) electrons. The lowest BCUT2D eigenvalue weighted by molar-refractivity contribution is -0.384. The Kier molecular flexibility index (Phi) is 3.78. The van der Waals surface area contributed by atoms with E-state index in [0.29, 0.717) is 22.0 Å². The van der Waals surface area contributed by atoms with Crippen molar-refractivity contribution in [1.82, 2.24) is 9.78 Å². The Hall–Kier alpha value is -1.59. The molecule has 0 amide bonds. The molecule has 0 N–H and O–H groups in total. The van der Waals surface area contributed by atoms with Crippen molar-refractivity contribution < 1.29 is 4.92 Å². The van der Waals surface area contributed by atoms with E-state index in [9.17, 15) is 10.1 Å². The average Bonchev–Trinajstić information content (AvgIpc) is 2.65. The molecule has 7 heteroatoms. The molecule has 1 aromatic heterocycles. The second-order valence-corrected chi connectivity index (χ2v) is 4.75. The van der Waals surface area contributed by atoms with Gasteiger partial charge < -0.3 is 0 Å². The summed E-state index contributed by atoms with van der Waals surface area (Å²) in [5, 5.41) is 15.7. The van der Waals surface area contributed by atoms with Gasteiger partial charge in [0.2, 0.25) is 0 Å². The van der Waals surface area contributed by atoms with Gasteiger partial charge in [0.05, 0.1) is 27.0 Å². The van der Waals surface area contributed by atoms with Crippen LogP contribution in [0.5, 0.6) is 0 Å². The van der Waals surface area contributed by atoms with Gasteiger partial charge >= 0.3 is 0 Å². The van der Waals surface area contributed by atoms with Crippen LogP contribution in [0.25, 0.3) is 5.69 Å². The first-order valence-corrected chi connectivity index (χ1v) is 6.42. The second kappa shape index (κ2) is 5.19. The zero-order valence-electron chi connectivity index (χ0n) is 10.4. The van der Waals surface area contributed by atoms with Crippen LogP contribution in [0.15, 0.2) is 18.2 Å². The Labute approximate surface area is 119 Å². The van der Waals surface area contributed by atoms with Gasteiger partial charge in [-0.3, -0.25) is 10.1 Å². The van der Waals surface area contributed by atoms with Crippen molar-refractivity contribution in [3.63, 3.8) is 0 Å². The Balaban J connectivity index is 2.62. The van der Waals surface area contributed by atoms with Gasteiger partial charge in [-0.15, -0.1) is 11.6 Å². The largest absolute Gasteiger partial charge is 0.269 e. The number of hydrogen-bond donors (Lipinski definition) is 0. The molecule has 0 bridgehead atoms. The van der Waals surface area contributed by atoms with Crippen LogP contribution >= 0.6 is 23.2 Å². The summed E-state index contributed by atoms with van der Waals surface area (Å²) < 4.78 is 1.65. The first-order valence-electron chi connectivity index (χ1n) is 5.51. The van der Waals surface area contributed by atoms with Crippen LogP contribution < -0.4 is 0 Å². The lowest BCUT2D eigenvalue weighted by atomic mass is 10.1. The maximum absolute atomic E-state index is 10.8. The monoisotopic (exact) mass is 299 g/mol. The minimum absolute atomic E-state index is 0.00651. The number of rotatable bonds is 3. The number of halogens is 2. The Morgan fingerprint density at radius 2 is 2.11 bits per heavy atom. The Bertz CT molecular complexity index is 653. The summed E-state index contributed by atoms with van der Waals surface area (Å²) >= 11 is 12.0. The van der Waals surface area contributed by atoms with E-state index < -0.39 is 4.92 Å². The molecule has 0 fully saturated rings. The van der Waals surface area contributed by atoms with Crippen LogP contribution in [0.2, 0.25) is 5.02 Å². The van der Waals surface area contributed by atoms with E-state index in [0.717, 1.165) is 5.69 Å². The third-order valence-corrected chi connectivity index (χ3v) is 3.68. The Morgan fingerprint density at radius 3 is 2.58 bits per heavy atom. The van der Waals surface area contributed by atoms with Crippen molar-refractivity contribution in [2.45, 2.75) is 19.7 Å². The van der Waals surface area contributed by atoms with Gasteiger partial charge in [-0.25, -0.2) is 4.68 Å². The van der Waals surface area contributed by atoms with Crippen molar-refractivity contribution in [1.29, 1.82) is 0 Å². The quantitative estimate of drug-likeness (QED) is 0.492. The molecule has 0 aliphatic carbocycles. The van der Waals surface area contributed by atoms with E-state index in [1.165, 1.54) is 12.1 Å². The molecular formula is C12H11Cl2N3O2. The third-order valence-electron chi connectivity index (χ3n) is 2.85. The maximum Gasteiger partial charge on any atom is 0.269 e. The minimum atomic E-state index is -0.450.